The molecule has 0 aliphatic rings. The molecule has 0 spiro atoms. The Morgan fingerprint density at radius 2 is 2.29 bits per heavy atom. The number of likely N-dealkylation sites (N-methyl/N-ethyl adjacent to an activating group) is 1. The summed E-state index contributed by atoms with van der Waals surface area (Å²) in [6.07, 6.45) is 3.80. The largest absolute Gasteiger partial charge is 0.468 e. The van der Waals surface area contributed by atoms with Gasteiger partial charge in [0.15, 0.2) is 0 Å². The fourth-order valence-electron chi connectivity index (χ4n) is 1.82. The summed E-state index contributed by atoms with van der Waals surface area (Å²) < 4.78 is 5.25. The molecule has 98 valence electrons. The number of rotatable bonds is 8. The number of aliphatic hydroxyl groups is 1. The molecule has 0 bridgehead atoms. The second kappa shape index (κ2) is 7.09. The van der Waals surface area contributed by atoms with E-state index in [4.69, 9.17) is 4.42 Å². The van der Waals surface area contributed by atoms with Crippen LogP contribution in [-0.2, 0) is 0 Å². The molecule has 2 N–H and O–H groups in total. The number of hydrogen-bond acceptors (Lipinski definition) is 4. The smallest absolute Gasteiger partial charge is 0.114 e. The van der Waals surface area contributed by atoms with Gasteiger partial charge in [-0.15, -0.1) is 11.8 Å². The molecular formula is C13H23NO2S. The number of furan rings is 1. The van der Waals surface area contributed by atoms with Crippen molar-refractivity contribution in [2.45, 2.75) is 44.0 Å². The Labute approximate surface area is 108 Å². The molecule has 1 rings (SSSR count). The quantitative estimate of drug-likeness (QED) is 0.555. The summed E-state index contributed by atoms with van der Waals surface area (Å²) in [5.41, 5.74) is -0.138. The topological polar surface area (TPSA) is 45.4 Å². The predicted octanol–water partition coefficient (Wildman–Crippen LogP) is 2.82. The van der Waals surface area contributed by atoms with Crippen LogP contribution in [0.5, 0.6) is 0 Å². The Balaban J connectivity index is 2.25. The Kier molecular flexibility index (Phi) is 6.09. The molecule has 3 nitrogen and oxygen atoms in total. The highest BCUT2D eigenvalue weighted by atomic mass is 32.2. The fraction of sp³-hybridized carbons (Fsp3) is 0.692. The highest BCUT2D eigenvalue weighted by Crippen LogP contribution is 2.25. The van der Waals surface area contributed by atoms with E-state index in [0.29, 0.717) is 0 Å². The summed E-state index contributed by atoms with van der Waals surface area (Å²) in [7, 11) is 0. The summed E-state index contributed by atoms with van der Waals surface area (Å²) in [6.45, 7) is 7.21. The number of aliphatic hydroxyl groups excluding tert-OH is 1. The van der Waals surface area contributed by atoms with E-state index in [-0.39, 0.29) is 12.1 Å². The van der Waals surface area contributed by atoms with E-state index in [1.807, 2.05) is 24.8 Å². The van der Waals surface area contributed by atoms with E-state index in [2.05, 4.69) is 19.2 Å². The number of thioether (sulfide) groups is 1. The van der Waals surface area contributed by atoms with Gasteiger partial charge in [0.25, 0.3) is 0 Å². The summed E-state index contributed by atoms with van der Waals surface area (Å²) in [5, 5.41) is 12.7. The maximum atomic E-state index is 9.36. The summed E-state index contributed by atoms with van der Waals surface area (Å²) in [4.78, 5) is 1.22. The van der Waals surface area contributed by atoms with E-state index in [0.717, 1.165) is 30.9 Å². The molecule has 1 aromatic rings. The molecule has 1 atom stereocenters. The molecule has 0 aromatic carbocycles. The highest BCUT2D eigenvalue weighted by Gasteiger charge is 2.20. The standard InChI is InChI=1S/C13H23NO2S/c1-4-14-13(3,10-15)7-5-9-17-12-6-8-16-11(12)2/h6,8,14-15H,4-5,7,9-10H2,1-3H3. The van der Waals surface area contributed by atoms with Crippen LogP contribution < -0.4 is 5.32 Å². The lowest BCUT2D eigenvalue weighted by atomic mass is 9.97. The second-order valence-electron chi connectivity index (χ2n) is 4.54. The normalized spacial score (nSPS) is 14.8. The van der Waals surface area contributed by atoms with Crippen molar-refractivity contribution >= 4 is 11.8 Å². The van der Waals surface area contributed by atoms with Crippen molar-refractivity contribution in [3.63, 3.8) is 0 Å². The Morgan fingerprint density at radius 3 is 2.82 bits per heavy atom. The van der Waals surface area contributed by atoms with Crippen molar-refractivity contribution in [1.82, 2.24) is 5.32 Å². The summed E-state index contributed by atoms with van der Waals surface area (Å²) in [6, 6.07) is 2.01. The lowest BCUT2D eigenvalue weighted by molar-refractivity contribution is 0.167. The van der Waals surface area contributed by atoms with Gasteiger partial charge in [0.1, 0.15) is 5.76 Å². The second-order valence-corrected chi connectivity index (χ2v) is 5.68. The van der Waals surface area contributed by atoms with Gasteiger partial charge in [-0.05, 0) is 45.1 Å². The predicted molar refractivity (Wildman–Crippen MR) is 72.6 cm³/mol. The summed E-state index contributed by atoms with van der Waals surface area (Å²) in [5.74, 6) is 2.05. The van der Waals surface area contributed by atoms with Crippen LogP contribution in [0.3, 0.4) is 0 Å². The van der Waals surface area contributed by atoms with Crippen molar-refractivity contribution < 1.29 is 9.52 Å². The van der Waals surface area contributed by atoms with E-state index in [1.54, 1.807) is 6.26 Å². The zero-order chi connectivity index (χ0) is 12.7. The molecule has 0 saturated heterocycles. The zero-order valence-electron chi connectivity index (χ0n) is 11.0. The molecular weight excluding hydrogens is 234 g/mol. The third kappa shape index (κ3) is 4.74. The van der Waals surface area contributed by atoms with Gasteiger partial charge in [-0.3, -0.25) is 0 Å². The van der Waals surface area contributed by atoms with Crippen LogP contribution in [0.15, 0.2) is 21.6 Å². The number of hydrogen-bond donors (Lipinski definition) is 2. The van der Waals surface area contributed by atoms with Crippen LogP contribution in [0, 0.1) is 6.92 Å². The van der Waals surface area contributed by atoms with Gasteiger partial charge < -0.3 is 14.8 Å². The number of nitrogens with one attached hydrogen (secondary N) is 1. The monoisotopic (exact) mass is 257 g/mol. The average molecular weight is 257 g/mol. The van der Waals surface area contributed by atoms with Crippen molar-refractivity contribution in [3.05, 3.63) is 18.1 Å². The Bertz CT molecular complexity index is 327. The van der Waals surface area contributed by atoms with Gasteiger partial charge in [-0.1, -0.05) is 6.92 Å². The van der Waals surface area contributed by atoms with Crippen molar-refractivity contribution in [2.24, 2.45) is 0 Å². The SMILES string of the molecule is CCNC(C)(CO)CCCSc1ccoc1C. The molecule has 0 radical (unpaired) electrons. The minimum Gasteiger partial charge on any atom is -0.468 e. The lowest BCUT2D eigenvalue weighted by Gasteiger charge is -2.28. The maximum Gasteiger partial charge on any atom is 0.114 e. The van der Waals surface area contributed by atoms with E-state index >= 15 is 0 Å². The fourth-order valence-corrected chi connectivity index (χ4v) is 2.73. The van der Waals surface area contributed by atoms with Crippen LogP contribution in [0.1, 0.15) is 32.4 Å². The van der Waals surface area contributed by atoms with Crippen LogP contribution in [0.2, 0.25) is 0 Å². The first-order valence-corrected chi connectivity index (χ1v) is 7.12. The molecule has 0 aliphatic carbocycles. The van der Waals surface area contributed by atoms with Crippen molar-refractivity contribution in [2.75, 3.05) is 18.9 Å². The van der Waals surface area contributed by atoms with Gasteiger partial charge in [0.2, 0.25) is 0 Å². The third-order valence-electron chi connectivity index (χ3n) is 2.89. The molecule has 1 unspecified atom stereocenters. The molecule has 4 heteroatoms. The molecule has 1 heterocycles. The minimum absolute atomic E-state index is 0.138. The minimum atomic E-state index is -0.138. The van der Waals surface area contributed by atoms with E-state index in [9.17, 15) is 5.11 Å². The third-order valence-corrected chi connectivity index (χ3v) is 4.12. The van der Waals surface area contributed by atoms with Gasteiger partial charge in [-0.2, -0.15) is 0 Å². The van der Waals surface area contributed by atoms with Gasteiger partial charge in [0.05, 0.1) is 12.9 Å². The van der Waals surface area contributed by atoms with Crippen molar-refractivity contribution in [3.8, 4) is 0 Å². The molecule has 17 heavy (non-hydrogen) atoms. The molecule has 0 aliphatic heterocycles. The van der Waals surface area contributed by atoms with E-state index < -0.39 is 0 Å². The molecule has 0 fully saturated rings. The first-order chi connectivity index (χ1) is 8.11. The molecule has 0 amide bonds. The van der Waals surface area contributed by atoms with Gasteiger partial charge >= 0.3 is 0 Å². The van der Waals surface area contributed by atoms with Gasteiger partial charge in [-0.25, -0.2) is 0 Å². The lowest BCUT2D eigenvalue weighted by Crippen LogP contribution is -2.45. The van der Waals surface area contributed by atoms with Crippen LogP contribution in [-0.4, -0.2) is 29.5 Å². The van der Waals surface area contributed by atoms with Crippen LogP contribution in [0.4, 0.5) is 0 Å². The first kappa shape index (κ1) is 14.6. The average Bonchev–Trinajstić information content (AvgIpc) is 2.71. The first-order valence-electron chi connectivity index (χ1n) is 6.14. The Morgan fingerprint density at radius 1 is 1.53 bits per heavy atom. The van der Waals surface area contributed by atoms with Crippen molar-refractivity contribution in [1.29, 1.82) is 0 Å². The zero-order valence-corrected chi connectivity index (χ0v) is 11.8. The Hall–Kier alpha value is -0.450. The molecule has 0 saturated carbocycles. The molecule has 1 aromatic heterocycles. The van der Waals surface area contributed by atoms with Crippen LogP contribution in [0.25, 0.3) is 0 Å². The van der Waals surface area contributed by atoms with Crippen LogP contribution >= 0.6 is 11.8 Å². The maximum absolute atomic E-state index is 9.36. The van der Waals surface area contributed by atoms with E-state index in [1.165, 1.54) is 4.90 Å². The summed E-state index contributed by atoms with van der Waals surface area (Å²) >= 11 is 1.82. The van der Waals surface area contributed by atoms with Gasteiger partial charge in [0, 0.05) is 10.4 Å². The highest BCUT2D eigenvalue weighted by molar-refractivity contribution is 7.99. The number of aryl methyl sites for hydroxylation is 1.